The van der Waals surface area contributed by atoms with Crippen LogP contribution < -0.4 is 0 Å². The summed E-state index contributed by atoms with van der Waals surface area (Å²) in [6.07, 6.45) is 12.0. The monoisotopic (exact) mass is 612 g/mol. The Bertz CT molecular complexity index is 2070. The first kappa shape index (κ1) is 30.3. The summed E-state index contributed by atoms with van der Waals surface area (Å²) in [6.45, 7) is 13.3. The second-order valence-electron chi connectivity index (χ2n) is 13.2. The predicted molar refractivity (Wildman–Crippen MR) is 188 cm³/mol. The van der Waals surface area contributed by atoms with E-state index in [1.54, 1.807) is 0 Å². The van der Waals surface area contributed by atoms with Crippen molar-refractivity contribution >= 4 is 55.9 Å². The Balaban J connectivity index is 1.62. The van der Waals surface area contributed by atoms with Crippen molar-refractivity contribution in [3.05, 3.63) is 81.4 Å². The molecule has 5 heterocycles. The number of aromatic amines is 2. The largest absolute Gasteiger partial charge is 0.355 e. The van der Waals surface area contributed by atoms with Gasteiger partial charge in [-0.3, -0.25) is 9.59 Å². The molecular weight excluding hydrogens is 568 g/mol. The Morgan fingerprint density at radius 3 is 1.76 bits per heavy atom. The first-order valence-electron chi connectivity index (χ1n) is 17.3. The van der Waals surface area contributed by atoms with Crippen LogP contribution in [-0.2, 0) is 28.9 Å². The molecule has 0 saturated carbocycles. The number of rotatable bonds is 8. The van der Waals surface area contributed by atoms with Crippen molar-refractivity contribution in [2.24, 2.45) is 11.8 Å². The summed E-state index contributed by atoms with van der Waals surface area (Å²) >= 11 is 0. The lowest BCUT2D eigenvalue weighted by molar-refractivity contribution is -0.138. The molecule has 2 unspecified atom stereocenters. The molecule has 0 spiro atoms. The number of fused-ring (bicyclic) bond motifs is 9. The molecule has 6 heteroatoms. The molecule has 2 N–H and O–H groups in total. The summed E-state index contributed by atoms with van der Waals surface area (Å²) in [5.41, 5.74) is 17.2. The van der Waals surface area contributed by atoms with Crippen LogP contribution in [0.3, 0.4) is 0 Å². The van der Waals surface area contributed by atoms with Gasteiger partial charge in [-0.2, -0.15) is 0 Å². The van der Waals surface area contributed by atoms with E-state index in [0.29, 0.717) is 0 Å². The van der Waals surface area contributed by atoms with Gasteiger partial charge in [-0.1, -0.05) is 52.7 Å². The third-order valence-electron chi connectivity index (χ3n) is 10.5. The van der Waals surface area contributed by atoms with Crippen molar-refractivity contribution in [3.63, 3.8) is 0 Å². The Morgan fingerprint density at radius 1 is 0.609 bits per heavy atom. The van der Waals surface area contributed by atoms with Crippen LogP contribution in [0.15, 0.2) is 36.4 Å². The summed E-state index contributed by atoms with van der Waals surface area (Å²) in [4.78, 5) is 44.4. The molecule has 5 aliphatic rings. The van der Waals surface area contributed by atoms with Crippen LogP contribution in [0.5, 0.6) is 0 Å². The summed E-state index contributed by atoms with van der Waals surface area (Å²) in [5.74, 6) is -1.85. The Hall–Kier alpha value is -4.32. The van der Waals surface area contributed by atoms with Crippen LogP contribution in [0.25, 0.3) is 44.4 Å². The second kappa shape index (κ2) is 11.8. The average Bonchev–Trinajstić information content (AvgIpc) is 3.75. The van der Waals surface area contributed by atoms with Gasteiger partial charge in [0.05, 0.1) is 34.6 Å². The fourth-order valence-electron chi connectivity index (χ4n) is 7.96. The molecule has 10 bridgehead atoms. The maximum absolute atomic E-state index is 13.2. The SMILES string of the molecule is CCCCC1=C(C)c2cc3nc(cc4[nH]c(cc5[nH]c(cc1n2)c(CC)c5CC)c(CCCC)c4C)C1=C3C2C=CC1C(=O)C2=O. The molecule has 2 atom stereocenters. The van der Waals surface area contributed by atoms with E-state index in [1.807, 2.05) is 12.2 Å². The number of unbranched alkanes of at least 4 members (excludes halogenated alkanes) is 2. The molecule has 0 saturated heterocycles. The van der Waals surface area contributed by atoms with Gasteiger partial charge < -0.3 is 9.97 Å². The number of hydrogen-bond acceptors (Lipinski definition) is 4. The van der Waals surface area contributed by atoms with Crippen molar-refractivity contribution in [1.82, 2.24) is 19.9 Å². The van der Waals surface area contributed by atoms with E-state index in [-0.39, 0.29) is 11.6 Å². The maximum Gasteiger partial charge on any atom is 0.210 e. The highest BCUT2D eigenvalue weighted by Gasteiger charge is 2.47. The average molecular weight is 613 g/mol. The van der Waals surface area contributed by atoms with Gasteiger partial charge in [0.15, 0.2) is 0 Å². The summed E-state index contributed by atoms with van der Waals surface area (Å²) in [7, 11) is 0. The number of hydrogen-bond donors (Lipinski definition) is 2. The van der Waals surface area contributed by atoms with Gasteiger partial charge in [-0.15, -0.1) is 0 Å². The molecule has 3 aliphatic carbocycles. The lowest BCUT2D eigenvalue weighted by Crippen LogP contribution is -2.37. The number of allylic oxidation sites excluding steroid dienone is 6. The third kappa shape index (κ3) is 4.68. The molecule has 0 fully saturated rings. The van der Waals surface area contributed by atoms with Crippen molar-refractivity contribution in [2.75, 3.05) is 0 Å². The maximum atomic E-state index is 13.2. The number of ketones is 2. The molecular formula is C40H44N4O2. The van der Waals surface area contributed by atoms with Crippen molar-refractivity contribution in [1.29, 1.82) is 0 Å². The number of carbonyl (C=O) groups excluding carboxylic acids is 2. The molecule has 3 aromatic rings. The molecule has 3 aromatic heterocycles. The zero-order valence-corrected chi connectivity index (χ0v) is 28.0. The molecule has 2 aliphatic heterocycles. The van der Waals surface area contributed by atoms with Crippen LogP contribution in [0, 0.1) is 18.8 Å². The molecule has 236 valence electrons. The van der Waals surface area contributed by atoms with Gasteiger partial charge in [0.1, 0.15) is 0 Å². The van der Waals surface area contributed by atoms with E-state index >= 15 is 0 Å². The smallest absolute Gasteiger partial charge is 0.210 e. The molecule has 0 aromatic carbocycles. The van der Waals surface area contributed by atoms with E-state index in [4.69, 9.17) is 9.97 Å². The fourth-order valence-corrected chi connectivity index (χ4v) is 7.96. The van der Waals surface area contributed by atoms with E-state index in [2.05, 4.69) is 75.8 Å². The van der Waals surface area contributed by atoms with Crippen molar-refractivity contribution in [2.45, 2.75) is 92.9 Å². The minimum absolute atomic E-state index is 0.331. The van der Waals surface area contributed by atoms with E-state index < -0.39 is 11.8 Å². The number of Topliss-reactive ketones (excluding diaryl/α,β-unsaturated/α-hetero) is 2. The zero-order chi connectivity index (χ0) is 32.3. The van der Waals surface area contributed by atoms with Crippen LogP contribution in [0.4, 0.5) is 0 Å². The van der Waals surface area contributed by atoms with Gasteiger partial charge >= 0.3 is 0 Å². The highest BCUT2D eigenvalue weighted by Crippen LogP contribution is 2.49. The second-order valence-corrected chi connectivity index (χ2v) is 13.2. The third-order valence-corrected chi connectivity index (χ3v) is 10.5. The topological polar surface area (TPSA) is 91.5 Å². The summed E-state index contributed by atoms with van der Waals surface area (Å²) in [5, 5.41) is 0. The van der Waals surface area contributed by atoms with Gasteiger partial charge in [0, 0.05) is 22.1 Å². The zero-order valence-electron chi connectivity index (χ0n) is 28.0. The number of nitrogens with zero attached hydrogens (tertiary/aromatic N) is 2. The van der Waals surface area contributed by atoms with E-state index in [1.165, 1.54) is 27.8 Å². The van der Waals surface area contributed by atoms with Crippen LogP contribution in [0.1, 0.15) is 112 Å². The van der Waals surface area contributed by atoms with E-state index in [0.717, 1.165) is 113 Å². The number of aromatic nitrogens is 4. The van der Waals surface area contributed by atoms with Gasteiger partial charge in [-0.25, -0.2) is 9.97 Å². The quantitative estimate of drug-likeness (QED) is 0.196. The number of nitrogens with one attached hydrogen (secondary N) is 2. The van der Waals surface area contributed by atoms with Crippen LogP contribution >= 0.6 is 0 Å². The van der Waals surface area contributed by atoms with Crippen molar-refractivity contribution in [3.8, 4) is 0 Å². The molecule has 8 rings (SSSR count). The van der Waals surface area contributed by atoms with Crippen molar-refractivity contribution < 1.29 is 9.59 Å². The minimum Gasteiger partial charge on any atom is -0.355 e. The van der Waals surface area contributed by atoms with Gasteiger partial charge in [0.25, 0.3) is 0 Å². The summed E-state index contributed by atoms with van der Waals surface area (Å²) < 4.78 is 0. The standard InChI is InChI=1S/C40H44N4O2/c1-7-11-13-25-21(5)29-17-35-37-27-15-16-28(40(46)39(27)45)38(37)36(44-35)18-30-22(6)26(14-12-8-2)34(42-30)20-32-24(10-4)23(9-3)31(43-32)19-33(25)41-29/h15-20,27-28,41,43H,7-14H2,1-6H3. The predicted octanol–water partition coefficient (Wildman–Crippen LogP) is 9.08. The highest BCUT2D eigenvalue weighted by atomic mass is 16.2. The Morgan fingerprint density at radius 2 is 1.13 bits per heavy atom. The molecule has 0 amide bonds. The first-order chi connectivity index (χ1) is 22.3. The van der Waals surface area contributed by atoms with Crippen LogP contribution in [0.2, 0.25) is 0 Å². The van der Waals surface area contributed by atoms with Crippen LogP contribution in [-0.4, -0.2) is 31.5 Å². The number of carbonyl (C=O) groups is 2. The lowest BCUT2D eigenvalue weighted by atomic mass is 9.69. The highest BCUT2D eigenvalue weighted by molar-refractivity contribution is 6.47. The lowest BCUT2D eigenvalue weighted by Gasteiger charge is -2.30. The molecule has 46 heavy (non-hydrogen) atoms. The summed E-state index contributed by atoms with van der Waals surface area (Å²) in [6, 6.07) is 8.71. The van der Waals surface area contributed by atoms with E-state index in [9.17, 15) is 9.59 Å². The van der Waals surface area contributed by atoms with Gasteiger partial charge in [-0.05, 0) is 121 Å². The molecule has 6 nitrogen and oxygen atoms in total. The minimum atomic E-state index is -0.596. The Labute approximate surface area is 271 Å². The first-order valence-corrected chi connectivity index (χ1v) is 17.3. The molecule has 0 radical (unpaired) electrons. The Kier molecular flexibility index (Phi) is 7.78. The van der Waals surface area contributed by atoms with Gasteiger partial charge in [0.2, 0.25) is 11.6 Å². The fraction of sp³-hybridized carbons (Fsp3) is 0.400. The normalized spacial score (nSPS) is 18.7. The number of aryl methyl sites for hydroxylation is 4. The number of H-pyrrole nitrogens is 2.